The minimum Gasteiger partial charge on any atom is -0.492 e. The summed E-state index contributed by atoms with van der Waals surface area (Å²) in [6.45, 7) is 4.57. The lowest BCUT2D eigenvalue weighted by Crippen LogP contribution is -2.11. The molecule has 2 aromatic rings. The lowest BCUT2D eigenvalue weighted by molar-refractivity contribution is 0.339. The minimum atomic E-state index is -0.282. The molecule has 0 bridgehead atoms. The highest BCUT2D eigenvalue weighted by molar-refractivity contribution is 5.57. The summed E-state index contributed by atoms with van der Waals surface area (Å²) in [6.07, 6.45) is 2.07. The summed E-state index contributed by atoms with van der Waals surface area (Å²) in [5.74, 6) is 0.283. The van der Waals surface area contributed by atoms with Crippen LogP contribution in [0.2, 0.25) is 0 Å². The number of benzene rings is 2. The summed E-state index contributed by atoms with van der Waals surface area (Å²) >= 11 is 0. The average Bonchev–Trinajstić information content (AvgIpc) is 2.50. The van der Waals surface area contributed by atoms with Crippen molar-refractivity contribution >= 4 is 5.69 Å². The molecule has 0 heterocycles. The van der Waals surface area contributed by atoms with E-state index in [0.717, 1.165) is 18.5 Å². The molecule has 2 rings (SSSR count). The van der Waals surface area contributed by atoms with Crippen LogP contribution >= 0.6 is 0 Å². The van der Waals surface area contributed by atoms with E-state index in [2.05, 4.69) is 24.4 Å². The maximum absolute atomic E-state index is 13.4. The average molecular weight is 287 g/mol. The molecule has 0 amide bonds. The largest absolute Gasteiger partial charge is 0.492 e. The van der Waals surface area contributed by atoms with E-state index in [1.54, 1.807) is 6.07 Å². The van der Waals surface area contributed by atoms with Crippen molar-refractivity contribution < 1.29 is 9.13 Å². The summed E-state index contributed by atoms with van der Waals surface area (Å²) < 4.78 is 18.9. The van der Waals surface area contributed by atoms with E-state index in [9.17, 15) is 4.39 Å². The summed E-state index contributed by atoms with van der Waals surface area (Å²) in [5, 5.41) is 3.49. The molecule has 0 aliphatic carbocycles. The fraction of sp³-hybridized carbons (Fsp3) is 0.333. The number of rotatable bonds is 7. The van der Waals surface area contributed by atoms with E-state index >= 15 is 0 Å². The Labute approximate surface area is 126 Å². The number of halogens is 1. The van der Waals surface area contributed by atoms with Crippen LogP contribution in [0.1, 0.15) is 38.3 Å². The van der Waals surface area contributed by atoms with E-state index < -0.39 is 0 Å². The molecule has 0 saturated heterocycles. The molecule has 1 unspecified atom stereocenters. The molecule has 0 aliphatic rings. The third-order valence-electron chi connectivity index (χ3n) is 3.35. The van der Waals surface area contributed by atoms with Gasteiger partial charge in [0.2, 0.25) is 0 Å². The van der Waals surface area contributed by atoms with Crippen molar-refractivity contribution in [1.29, 1.82) is 0 Å². The van der Waals surface area contributed by atoms with Crippen LogP contribution in [0.5, 0.6) is 5.75 Å². The summed E-state index contributed by atoms with van der Waals surface area (Å²) in [6, 6.07) is 15.1. The molecule has 112 valence electrons. The molecule has 1 atom stereocenters. The van der Waals surface area contributed by atoms with Crippen LogP contribution in [-0.4, -0.2) is 6.61 Å². The number of nitrogens with one attached hydrogen (secondary N) is 1. The van der Waals surface area contributed by atoms with Gasteiger partial charge in [-0.2, -0.15) is 0 Å². The van der Waals surface area contributed by atoms with Gasteiger partial charge in [-0.3, -0.25) is 0 Å². The van der Waals surface area contributed by atoms with Gasteiger partial charge in [-0.25, -0.2) is 4.39 Å². The highest BCUT2D eigenvalue weighted by atomic mass is 19.1. The highest BCUT2D eigenvalue weighted by Crippen LogP contribution is 2.31. The first kappa shape index (κ1) is 15.4. The molecule has 0 saturated carbocycles. The Bertz CT molecular complexity index is 556. The van der Waals surface area contributed by atoms with Gasteiger partial charge in [-0.15, -0.1) is 0 Å². The predicted octanol–water partition coefficient (Wildman–Crippen LogP) is 5.18. The first-order valence-corrected chi connectivity index (χ1v) is 7.48. The topological polar surface area (TPSA) is 21.3 Å². The number of anilines is 1. The van der Waals surface area contributed by atoms with Gasteiger partial charge in [-0.1, -0.05) is 43.7 Å². The SMILES string of the molecule is CCCC(Nc1ccc(F)cc1OCC)c1ccccc1. The Morgan fingerprint density at radius 2 is 1.86 bits per heavy atom. The van der Waals surface area contributed by atoms with E-state index in [1.165, 1.54) is 17.7 Å². The van der Waals surface area contributed by atoms with Crippen LogP contribution in [0.3, 0.4) is 0 Å². The fourth-order valence-corrected chi connectivity index (χ4v) is 2.37. The first-order valence-electron chi connectivity index (χ1n) is 7.48. The summed E-state index contributed by atoms with van der Waals surface area (Å²) in [7, 11) is 0. The zero-order valence-corrected chi connectivity index (χ0v) is 12.6. The van der Waals surface area contributed by atoms with Crippen molar-refractivity contribution in [1.82, 2.24) is 0 Å². The van der Waals surface area contributed by atoms with Gasteiger partial charge in [0.1, 0.15) is 11.6 Å². The molecule has 1 N–H and O–H groups in total. The lowest BCUT2D eigenvalue weighted by atomic mass is 10.0. The van der Waals surface area contributed by atoms with E-state index in [1.807, 2.05) is 25.1 Å². The number of ether oxygens (including phenoxy) is 1. The van der Waals surface area contributed by atoms with Gasteiger partial charge >= 0.3 is 0 Å². The molecule has 0 radical (unpaired) electrons. The van der Waals surface area contributed by atoms with E-state index in [0.29, 0.717) is 12.4 Å². The Morgan fingerprint density at radius 1 is 1.10 bits per heavy atom. The third kappa shape index (κ3) is 4.22. The van der Waals surface area contributed by atoms with Crippen molar-refractivity contribution in [3.8, 4) is 5.75 Å². The maximum atomic E-state index is 13.4. The van der Waals surface area contributed by atoms with Crippen molar-refractivity contribution in [2.24, 2.45) is 0 Å². The molecule has 2 aromatic carbocycles. The smallest absolute Gasteiger partial charge is 0.145 e. The van der Waals surface area contributed by atoms with Crippen LogP contribution in [0.4, 0.5) is 10.1 Å². The Hall–Kier alpha value is -2.03. The molecule has 0 spiro atoms. The highest BCUT2D eigenvalue weighted by Gasteiger charge is 2.13. The fourth-order valence-electron chi connectivity index (χ4n) is 2.37. The second-order valence-electron chi connectivity index (χ2n) is 4.97. The van der Waals surface area contributed by atoms with Crippen LogP contribution < -0.4 is 10.1 Å². The number of hydrogen-bond acceptors (Lipinski definition) is 2. The standard InChI is InChI=1S/C18H22FNO/c1-3-8-16(14-9-6-5-7-10-14)20-17-12-11-15(19)13-18(17)21-4-2/h5-7,9-13,16,20H,3-4,8H2,1-2H3. The molecule has 21 heavy (non-hydrogen) atoms. The van der Waals surface area contributed by atoms with Gasteiger partial charge in [0.05, 0.1) is 18.3 Å². The molecule has 0 fully saturated rings. The Morgan fingerprint density at radius 3 is 2.52 bits per heavy atom. The third-order valence-corrected chi connectivity index (χ3v) is 3.35. The zero-order chi connectivity index (χ0) is 15.1. The zero-order valence-electron chi connectivity index (χ0n) is 12.6. The summed E-state index contributed by atoms with van der Waals surface area (Å²) in [5.41, 5.74) is 2.06. The van der Waals surface area contributed by atoms with Gasteiger partial charge in [0.25, 0.3) is 0 Å². The van der Waals surface area contributed by atoms with Crippen LogP contribution in [-0.2, 0) is 0 Å². The monoisotopic (exact) mass is 287 g/mol. The van der Waals surface area contributed by atoms with Crippen molar-refractivity contribution in [3.63, 3.8) is 0 Å². The number of hydrogen-bond donors (Lipinski definition) is 1. The lowest BCUT2D eigenvalue weighted by Gasteiger charge is -2.22. The second kappa shape index (κ2) is 7.67. The van der Waals surface area contributed by atoms with Gasteiger partial charge in [-0.05, 0) is 31.0 Å². The van der Waals surface area contributed by atoms with Gasteiger partial charge < -0.3 is 10.1 Å². The molecule has 0 aromatic heterocycles. The van der Waals surface area contributed by atoms with E-state index in [4.69, 9.17) is 4.74 Å². The van der Waals surface area contributed by atoms with Crippen molar-refractivity contribution in [2.45, 2.75) is 32.7 Å². The van der Waals surface area contributed by atoms with Gasteiger partial charge in [0, 0.05) is 6.07 Å². The quantitative estimate of drug-likeness (QED) is 0.757. The molecular weight excluding hydrogens is 265 g/mol. The minimum absolute atomic E-state index is 0.195. The summed E-state index contributed by atoms with van der Waals surface area (Å²) in [4.78, 5) is 0. The van der Waals surface area contributed by atoms with Crippen molar-refractivity contribution in [3.05, 3.63) is 59.9 Å². The molecular formula is C18H22FNO. The van der Waals surface area contributed by atoms with E-state index in [-0.39, 0.29) is 11.9 Å². The molecule has 2 nitrogen and oxygen atoms in total. The molecule has 0 aliphatic heterocycles. The maximum Gasteiger partial charge on any atom is 0.145 e. The van der Waals surface area contributed by atoms with Crippen molar-refractivity contribution in [2.75, 3.05) is 11.9 Å². The van der Waals surface area contributed by atoms with Gasteiger partial charge in [0.15, 0.2) is 0 Å². The first-order chi connectivity index (χ1) is 10.2. The predicted molar refractivity (Wildman–Crippen MR) is 85.3 cm³/mol. The van der Waals surface area contributed by atoms with Crippen LogP contribution in [0, 0.1) is 5.82 Å². The second-order valence-corrected chi connectivity index (χ2v) is 4.97. The molecule has 3 heteroatoms. The normalized spacial score (nSPS) is 12.0. The van der Waals surface area contributed by atoms with Crippen LogP contribution in [0.15, 0.2) is 48.5 Å². The van der Waals surface area contributed by atoms with Crippen LogP contribution in [0.25, 0.3) is 0 Å². The Kier molecular flexibility index (Phi) is 5.61. The Balaban J connectivity index is 2.24.